The fraction of sp³-hybridized carbons (Fsp3) is 0.235. The van der Waals surface area contributed by atoms with Crippen molar-refractivity contribution < 1.29 is 0 Å². The number of nitrogens with zero attached hydrogens (tertiary/aromatic N) is 3. The summed E-state index contributed by atoms with van der Waals surface area (Å²) in [7, 11) is 4.14. The van der Waals surface area contributed by atoms with Crippen molar-refractivity contribution in [2.75, 3.05) is 19.8 Å². The molecule has 0 aliphatic carbocycles. The molecule has 0 spiro atoms. The highest BCUT2D eigenvalue weighted by atomic mass is 15.1. The number of benzene rings is 1. The van der Waals surface area contributed by atoms with Crippen molar-refractivity contribution in [3.05, 3.63) is 53.9 Å². The van der Waals surface area contributed by atoms with E-state index in [1.54, 1.807) is 0 Å². The van der Waals surface area contributed by atoms with E-state index in [-0.39, 0.29) is 0 Å². The van der Waals surface area contributed by atoms with Crippen molar-refractivity contribution >= 4 is 11.3 Å². The second kappa shape index (κ2) is 5.22. The van der Waals surface area contributed by atoms with Gasteiger partial charge in [-0.1, -0.05) is 18.2 Å². The van der Waals surface area contributed by atoms with Crippen LogP contribution in [0.15, 0.2) is 42.5 Å². The molecule has 108 valence electrons. The van der Waals surface area contributed by atoms with Crippen LogP contribution >= 0.6 is 0 Å². The molecular weight excluding hydrogens is 260 g/mol. The minimum atomic E-state index is 0.761. The molecule has 4 nitrogen and oxygen atoms in total. The Morgan fingerprint density at radius 3 is 2.62 bits per heavy atom. The van der Waals surface area contributed by atoms with Gasteiger partial charge in [-0.3, -0.25) is 4.40 Å². The maximum atomic E-state index is 5.93. The van der Waals surface area contributed by atoms with Gasteiger partial charge in [0.25, 0.3) is 0 Å². The molecule has 0 aliphatic heterocycles. The molecule has 3 aromatic rings. The second-order valence-corrected chi connectivity index (χ2v) is 5.63. The first-order chi connectivity index (χ1) is 10.1. The van der Waals surface area contributed by atoms with Crippen LogP contribution in [0.5, 0.6) is 0 Å². The van der Waals surface area contributed by atoms with Crippen LogP contribution < -0.4 is 5.73 Å². The van der Waals surface area contributed by atoms with Gasteiger partial charge < -0.3 is 10.6 Å². The lowest BCUT2D eigenvalue weighted by Gasteiger charge is -2.13. The van der Waals surface area contributed by atoms with Gasteiger partial charge in [0.1, 0.15) is 5.65 Å². The summed E-state index contributed by atoms with van der Waals surface area (Å²) in [6, 6.07) is 14.1. The highest BCUT2D eigenvalue weighted by Gasteiger charge is 2.15. The second-order valence-electron chi connectivity index (χ2n) is 5.63. The number of nitrogens with two attached hydrogens (primary N) is 1. The molecule has 0 saturated carbocycles. The van der Waals surface area contributed by atoms with Crippen molar-refractivity contribution in [2.45, 2.75) is 13.5 Å². The predicted molar refractivity (Wildman–Crippen MR) is 87.2 cm³/mol. The maximum Gasteiger partial charge on any atom is 0.137 e. The van der Waals surface area contributed by atoms with Gasteiger partial charge in [-0.25, -0.2) is 4.98 Å². The number of pyridine rings is 1. The van der Waals surface area contributed by atoms with E-state index in [1.165, 1.54) is 11.4 Å². The fourth-order valence-corrected chi connectivity index (χ4v) is 2.69. The Balaban J connectivity index is 2.29. The van der Waals surface area contributed by atoms with Gasteiger partial charge in [-0.05, 0) is 45.3 Å². The zero-order valence-electron chi connectivity index (χ0n) is 12.7. The Hall–Kier alpha value is -2.33. The van der Waals surface area contributed by atoms with Crippen LogP contribution in [0.2, 0.25) is 0 Å². The quantitative estimate of drug-likeness (QED) is 0.750. The lowest BCUT2D eigenvalue weighted by Crippen LogP contribution is -2.13. The summed E-state index contributed by atoms with van der Waals surface area (Å²) in [5, 5.41) is 0. The summed E-state index contributed by atoms with van der Waals surface area (Å²) in [5.41, 5.74) is 12.1. The molecule has 0 amide bonds. The fourth-order valence-electron chi connectivity index (χ4n) is 2.69. The van der Waals surface area contributed by atoms with Gasteiger partial charge in [0, 0.05) is 23.5 Å². The van der Waals surface area contributed by atoms with E-state index in [9.17, 15) is 0 Å². The van der Waals surface area contributed by atoms with E-state index in [0.29, 0.717) is 0 Å². The molecule has 4 heteroatoms. The van der Waals surface area contributed by atoms with E-state index < -0.39 is 0 Å². The number of aryl methyl sites for hydroxylation is 1. The Bertz CT molecular complexity index is 787. The number of rotatable bonds is 3. The SMILES string of the molecule is Cc1cccc2nc(-c3cccc(N)c3)c(CN(C)C)n12. The molecular formula is C17H20N4. The minimum absolute atomic E-state index is 0.761. The Morgan fingerprint density at radius 2 is 1.90 bits per heavy atom. The molecule has 1 aromatic carbocycles. The van der Waals surface area contributed by atoms with E-state index in [2.05, 4.69) is 42.5 Å². The third-order valence-corrected chi connectivity index (χ3v) is 3.56. The molecule has 0 atom stereocenters. The number of aromatic nitrogens is 2. The summed E-state index contributed by atoms with van der Waals surface area (Å²) in [6.45, 7) is 2.94. The molecule has 3 rings (SSSR count). The molecule has 21 heavy (non-hydrogen) atoms. The Labute approximate surface area is 124 Å². The Kier molecular flexibility index (Phi) is 3.39. The van der Waals surface area contributed by atoms with Gasteiger partial charge >= 0.3 is 0 Å². The van der Waals surface area contributed by atoms with Crippen molar-refractivity contribution in [3.8, 4) is 11.3 Å². The number of fused-ring (bicyclic) bond motifs is 1. The summed E-state index contributed by atoms with van der Waals surface area (Å²) in [5.74, 6) is 0. The van der Waals surface area contributed by atoms with Gasteiger partial charge in [0.15, 0.2) is 0 Å². The van der Waals surface area contributed by atoms with Crippen LogP contribution in [0.25, 0.3) is 16.9 Å². The van der Waals surface area contributed by atoms with Crippen molar-refractivity contribution in [1.29, 1.82) is 0 Å². The molecule has 2 aromatic heterocycles. The van der Waals surface area contributed by atoms with Crippen LogP contribution in [-0.2, 0) is 6.54 Å². The molecule has 0 saturated heterocycles. The molecule has 0 bridgehead atoms. The number of hydrogen-bond acceptors (Lipinski definition) is 3. The van der Waals surface area contributed by atoms with Crippen LogP contribution in [0, 0.1) is 6.92 Å². The first-order valence-electron chi connectivity index (χ1n) is 7.04. The molecule has 0 radical (unpaired) electrons. The summed E-state index contributed by atoms with van der Waals surface area (Å²) < 4.78 is 2.22. The third kappa shape index (κ3) is 2.50. The lowest BCUT2D eigenvalue weighted by atomic mass is 10.1. The van der Waals surface area contributed by atoms with Crippen LogP contribution in [-0.4, -0.2) is 28.4 Å². The van der Waals surface area contributed by atoms with E-state index in [0.717, 1.165) is 29.1 Å². The normalized spacial score (nSPS) is 11.4. The van der Waals surface area contributed by atoms with Crippen molar-refractivity contribution in [2.24, 2.45) is 0 Å². The first kappa shape index (κ1) is 13.6. The average molecular weight is 280 g/mol. The van der Waals surface area contributed by atoms with Crippen LogP contribution in [0.1, 0.15) is 11.4 Å². The lowest BCUT2D eigenvalue weighted by molar-refractivity contribution is 0.396. The highest BCUT2D eigenvalue weighted by Crippen LogP contribution is 2.27. The molecule has 0 unspecified atom stereocenters. The number of anilines is 1. The van der Waals surface area contributed by atoms with Crippen LogP contribution in [0.3, 0.4) is 0 Å². The average Bonchev–Trinajstić information content (AvgIpc) is 2.78. The van der Waals surface area contributed by atoms with Gasteiger partial charge in [0.2, 0.25) is 0 Å². The molecule has 2 heterocycles. The standard InChI is InChI=1S/C17H20N4/c1-12-6-4-9-16-19-17(13-7-5-8-14(18)10-13)15(21(12)16)11-20(2)3/h4-10H,11,18H2,1-3H3. The molecule has 2 N–H and O–H groups in total. The molecule has 0 fully saturated rings. The minimum Gasteiger partial charge on any atom is -0.399 e. The number of imidazole rings is 1. The number of hydrogen-bond donors (Lipinski definition) is 1. The Morgan fingerprint density at radius 1 is 1.14 bits per heavy atom. The largest absolute Gasteiger partial charge is 0.399 e. The van der Waals surface area contributed by atoms with Gasteiger partial charge in [0.05, 0.1) is 11.4 Å². The topological polar surface area (TPSA) is 46.6 Å². The molecule has 0 aliphatic rings. The third-order valence-electron chi connectivity index (χ3n) is 3.56. The smallest absolute Gasteiger partial charge is 0.137 e. The highest BCUT2D eigenvalue weighted by molar-refractivity contribution is 5.69. The number of nitrogen functional groups attached to an aromatic ring is 1. The van der Waals surface area contributed by atoms with Gasteiger partial charge in [-0.2, -0.15) is 0 Å². The van der Waals surface area contributed by atoms with Crippen molar-refractivity contribution in [3.63, 3.8) is 0 Å². The summed E-state index contributed by atoms with van der Waals surface area (Å²) in [4.78, 5) is 6.98. The maximum absolute atomic E-state index is 5.93. The van der Waals surface area contributed by atoms with Crippen molar-refractivity contribution in [1.82, 2.24) is 14.3 Å². The van der Waals surface area contributed by atoms with E-state index >= 15 is 0 Å². The zero-order chi connectivity index (χ0) is 15.0. The summed E-state index contributed by atoms with van der Waals surface area (Å²) >= 11 is 0. The van der Waals surface area contributed by atoms with E-state index in [4.69, 9.17) is 10.7 Å². The van der Waals surface area contributed by atoms with E-state index in [1.807, 2.05) is 30.3 Å². The van der Waals surface area contributed by atoms with Gasteiger partial charge in [-0.15, -0.1) is 0 Å². The monoisotopic (exact) mass is 280 g/mol. The first-order valence-corrected chi connectivity index (χ1v) is 7.04. The zero-order valence-corrected chi connectivity index (χ0v) is 12.7. The predicted octanol–water partition coefficient (Wildman–Crippen LogP) is 2.95. The van der Waals surface area contributed by atoms with Crippen LogP contribution in [0.4, 0.5) is 5.69 Å². The summed E-state index contributed by atoms with van der Waals surface area (Å²) in [6.07, 6.45) is 0.